The van der Waals surface area contributed by atoms with Crippen molar-refractivity contribution >= 4 is 17.3 Å². The van der Waals surface area contributed by atoms with Crippen LogP contribution in [0.25, 0.3) is 0 Å². The molecular weight excluding hydrogens is 236 g/mol. The van der Waals surface area contributed by atoms with Gasteiger partial charge in [0.1, 0.15) is 6.07 Å². The Balaban J connectivity index is 2.22. The summed E-state index contributed by atoms with van der Waals surface area (Å²) in [6, 6.07) is 7.46. The van der Waals surface area contributed by atoms with Gasteiger partial charge in [0.25, 0.3) is 0 Å². The highest BCUT2D eigenvalue weighted by molar-refractivity contribution is 6.30. The van der Waals surface area contributed by atoms with E-state index in [0.717, 1.165) is 31.7 Å². The summed E-state index contributed by atoms with van der Waals surface area (Å²) in [5.74, 6) is 0. The molecule has 3 nitrogen and oxygen atoms in total. The molecule has 90 valence electrons. The predicted molar refractivity (Wildman–Crippen MR) is 68.2 cm³/mol. The molecular formula is C13H15ClN2O. The van der Waals surface area contributed by atoms with Gasteiger partial charge in [-0.2, -0.15) is 5.26 Å². The van der Waals surface area contributed by atoms with Crippen LogP contribution in [0.15, 0.2) is 18.2 Å². The van der Waals surface area contributed by atoms with E-state index in [9.17, 15) is 0 Å². The van der Waals surface area contributed by atoms with Gasteiger partial charge >= 0.3 is 0 Å². The number of hydrogen-bond acceptors (Lipinski definition) is 3. The van der Waals surface area contributed by atoms with E-state index >= 15 is 0 Å². The average molecular weight is 251 g/mol. The normalized spacial score (nSPS) is 18.4. The lowest BCUT2D eigenvalue weighted by atomic mass is 9.92. The van der Waals surface area contributed by atoms with Crippen LogP contribution in [0.4, 0.5) is 5.69 Å². The molecule has 0 aromatic heterocycles. The molecule has 0 unspecified atom stereocenters. The van der Waals surface area contributed by atoms with Gasteiger partial charge in [-0.1, -0.05) is 11.6 Å². The van der Waals surface area contributed by atoms with Crippen LogP contribution < -0.4 is 5.32 Å². The van der Waals surface area contributed by atoms with E-state index in [1.165, 1.54) is 0 Å². The first-order valence-corrected chi connectivity index (χ1v) is 6.06. The van der Waals surface area contributed by atoms with Gasteiger partial charge < -0.3 is 10.1 Å². The van der Waals surface area contributed by atoms with E-state index in [2.05, 4.69) is 18.3 Å². The molecule has 1 aromatic carbocycles. The van der Waals surface area contributed by atoms with Gasteiger partial charge in [0.05, 0.1) is 11.3 Å². The van der Waals surface area contributed by atoms with Crippen LogP contribution in [-0.4, -0.2) is 18.8 Å². The molecule has 0 aliphatic carbocycles. The first-order valence-electron chi connectivity index (χ1n) is 5.69. The Hall–Kier alpha value is -1.24. The maximum Gasteiger partial charge on any atom is 0.101 e. The zero-order valence-corrected chi connectivity index (χ0v) is 10.5. The van der Waals surface area contributed by atoms with Crippen LogP contribution >= 0.6 is 11.6 Å². The second-order valence-electron chi connectivity index (χ2n) is 4.60. The summed E-state index contributed by atoms with van der Waals surface area (Å²) in [4.78, 5) is 0. The maximum atomic E-state index is 9.06. The van der Waals surface area contributed by atoms with Crippen molar-refractivity contribution in [3.8, 4) is 6.07 Å². The smallest absolute Gasteiger partial charge is 0.101 e. The number of benzene rings is 1. The Kier molecular flexibility index (Phi) is 3.56. The first-order chi connectivity index (χ1) is 8.13. The van der Waals surface area contributed by atoms with Crippen molar-refractivity contribution in [3.63, 3.8) is 0 Å². The van der Waals surface area contributed by atoms with Gasteiger partial charge in [-0.15, -0.1) is 0 Å². The molecule has 1 N–H and O–H groups in total. The van der Waals surface area contributed by atoms with Gasteiger partial charge in [0.2, 0.25) is 0 Å². The zero-order valence-electron chi connectivity index (χ0n) is 9.79. The van der Waals surface area contributed by atoms with Crippen LogP contribution in [-0.2, 0) is 4.74 Å². The summed E-state index contributed by atoms with van der Waals surface area (Å²) >= 11 is 5.96. The van der Waals surface area contributed by atoms with Crippen molar-refractivity contribution in [2.24, 2.45) is 0 Å². The third-order valence-corrected chi connectivity index (χ3v) is 3.37. The van der Waals surface area contributed by atoms with E-state index in [1.807, 2.05) is 0 Å². The van der Waals surface area contributed by atoms with Crippen LogP contribution in [0.5, 0.6) is 0 Å². The monoisotopic (exact) mass is 250 g/mol. The molecule has 1 heterocycles. The molecule has 1 aromatic rings. The van der Waals surface area contributed by atoms with Gasteiger partial charge in [-0.25, -0.2) is 0 Å². The third kappa shape index (κ3) is 2.91. The van der Waals surface area contributed by atoms with Crippen molar-refractivity contribution < 1.29 is 4.74 Å². The molecule has 2 rings (SSSR count). The topological polar surface area (TPSA) is 45.0 Å². The minimum atomic E-state index is -0.0193. The summed E-state index contributed by atoms with van der Waals surface area (Å²) in [5.41, 5.74) is 1.42. The molecule has 0 radical (unpaired) electrons. The van der Waals surface area contributed by atoms with E-state index in [0.29, 0.717) is 10.6 Å². The Morgan fingerprint density at radius 1 is 1.41 bits per heavy atom. The number of nitrogens with zero attached hydrogens (tertiary/aromatic N) is 1. The fourth-order valence-corrected chi connectivity index (χ4v) is 2.16. The van der Waals surface area contributed by atoms with Crippen LogP contribution in [0.1, 0.15) is 25.3 Å². The Labute approximate surface area is 106 Å². The second-order valence-corrected chi connectivity index (χ2v) is 5.04. The Morgan fingerprint density at radius 3 is 2.76 bits per heavy atom. The summed E-state index contributed by atoms with van der Waals surface area (Å²) in [7, 11) is 0. The van der Waals surface area contributed by atoms with Crippen LogP contribution in [0.2, 0.25) is 5.02 Å². The van der Waals surface area contributed by atoms with Crippen molar-refractivity contribution in [2.75, 3.05) is 18.5 Å². The molecule has 4 heteroatoms. The summed E-state index contributed by atoms with van der Waals surface area (Å²) in [6.07, 6.45) is 1.87. The quantitative estimate of drug-likeness (QED) is 0.877. The minimum absolute atomic E-state index is 0.0193. The lowest BCUT2D eigenvalue weighted by Gasteiger charge is -2.35. The zero-order chi connectivity index (χ0) is 12.3. The van der Waals surface area contributed by atoms with Gasteiger partial charge in [0.15, 0.2) is 0 Å². The standard InChI is InChI=1S/C13H15ClN2O/c1-13(4-6-17-7-5-13)16-12-8-11(14)3-2-10(12)9-15/h2-3,8,16H,4-7H2,1H3. The molecule has 1 fully saturated rings. The molecule has 17 heavy (non-hydrogen) atoms. The van der Waals surface area contributed by atoms with E-state index in [-0.39, 0.29) is 5.54 Å². The highest BCUT2D eigenvalue weighted by Crippen LogP contribution is 2.28. The number of anilines is 1. The lowest BCUT2D eigenvalue weighted by molar-refractivity contribution is 0.0658. The average Bonchev–Trinajstić information content (AvgIpc) is 2.29. The van der Waals surface area contributed by atoms with Gasteiger partial charge in [0, 0.05) is 23.8 Å². The number of ether oxygens (including phenoxy) is 1. The maximum absolute atomic E-state index is 9.06. The molecule has 0 atom stereocenters. The van der Waals surface area contributed by atoms with E-state index in [4.69, 9.17) is 21.6 Å². The Morgan fingerprint density at radius 2 is 2.12 bits per heavy atom. The van der Waals surface area contributed by atoms with Crippen molar-refractivity contribution in [1.82, 2.24) is 0 Å². The van der Waals surface area contributed by atoms with Gasteiger partial charge in [-0.05, 0) is 38.0 Å². The number of halogens is 1. The van der Waals surface area contributed by atoms with E-state index < -0.39 is 0 Å². The fraction of sp³-hybridized carbons (Fsp3) is 0.462. The summed E-state index contributed by atoms with van der Waals surface area (Å²) in [5, 5.41) is 13.1. The predicted octanol–water partition coefficient (Wildman–Crippen LogP) is 3.19. The molecule has 0 saturated carbocycles. The highest BCUT2D eigenvalue weighted by Gasteiger charge is 2.27. The van der Waals surface area contributed by atoms with Crippen LogP contribution in [0.3, 0.4) is 0 Å². The van der Waals surface area contributed by atoms with Crippen molar-refractivity contribution in [3.05, 3.63) is 28.8 Å². The second kappa shape index (κ2) is 4.95. The van der Waals surface area contributed by atoms with Crippen LogP contribution in [0, 0.1) is 11.3 Å². The summed E-state index contributed by atoms with van der Waals surface area (Å²) < 4.78 is 5.35. The lowest BCUT2D eigenvalue weighted by Crippen LogP contribution is -2.40. The molecule has 0 spiro atoms. The number of hydrogen-bond donors (Lipinski definition) is 1. The third-order valence-electron chi connectivity index (χ3n) is 3.13. The minimum Gasteiger partial charge on any atom is -0.381 e. The Bertz CT molecular complexity index is 447. The van der Waals surface area contributed by atoms with Gasteiger partial charge in [-0.3, -0.25) is 0 Å². The highest BCUT2D eigenvalue weighted by atomic mass is 35.5. The largest absolute Gasteiger partial charge is 0.381 e. The van der Waals surface area contributed by atoms with E-state index in [1.54, 1.807) is 18.2 Å². The fourth-order valence-electron chi connectivity index (χ4n) is 1.99. The molecule has 1 aliphatic rings. The molecule has 0 amide bonds. The first kappa shape index (κ1) is 12.2. The molecule has 1 aliphatic heterocycles. The number of nitriles is 1. The molecule has 1 saturated heterocycles. The number of nitrogens with one attached hydrogen (secondary N) is 1. The summed E-state index contributed by atoms with van der Waals surface area (Å²) in [6.45, 7) is 3.66. The van der Waals surface area contributed by atoms with Crippen molar-refractivity contribution in [2.45, 2.75) is 25.3 Å². The SMILES string of the molecule is CC1(Nc2cc(Cl)ccc2C#N)CCOCC1. The molecule has 0 bridgehead atoms. The number of rotatable bonds is 2. The van der Waals surface area contributed by atoms with Crippen molar-refractivity contribution in [1.29, 1.82) is 5.26 Å².